The highest BCUT2D eigenvalue weighted by Crippen LogP contribution is 2.38. The fourth-order valence-corrected chi connectivity index (χ4v) is 9.15. The van der Waals surface area contributed by atoms with E-state index in [9.17, 15) is 13.5 Å². The standard InChI is InChI=1S/C36H41N5O5S2/c1-25-32(24-42)41(36(37)38-25)22-26-13-15-27(16-14-26)31-21-30(23-40-17-19-46-20-18-40)47-35(31)48(43,44)39-34(45-2)33(28-9-5-3-6-10-28)29-11-7-4-8-12-29/h3-16,21,33-34,39,42H,17-20,22-24H2,1-2H3,(H2,37,38). The van der Waals surface area contributed by atoms with Gasteiger partial charge in [-0.15, -0.1) is 11.3 Å². The number of thiophene rings is 1. The third-order valence-corrected chi connectivity index (χ3v) is 11.8. The van der Waals surface area contributed by atoms with Gasteiger partial charge in [0.05, 0.1) is 37.8 Å². The Morgan fingerprint density at radius 3 is 2.19 bits per heavy atom. The van der Waals surface area contributed by atoms with Crippen LogP contribution in [-0.4, -0.2) is 67.6 Å². The van der Waals surface area contributed by atoms with E-state index in [4.69, 9.17) is 15.2 Å². The topological polar surface area (TPSA) is 132 Å². The van der Waals surface area contributed by atoms with E-state index in [0.29, 0.717) is 49.2 Å². The van der Waals surface area contributed by atoms with Crippen LogP contribution in [0.1, 0.15) is 38.9 Å². The summed E-state index contributed by atoms with van der Waals surface area (Å²) in [6.45, 7) is 5.59. The van der Waals surface area contributed by atoms with Gasteiger partial charge in [0.2, 0.25) is 5.95 Å². The van der Waals surface area contributed by atoms with Gasteiger partial charge >= 0.3 is 0 Å². The first kappa shape index (κ1) is 34.0. The predicted molar refractivity (Wildman–Crippen MR) is 188 cm³/mol. The first-order valence-corrected chi connectivity index (χ1v) is 18.2. The maximum Gasteiger partial charge on any atom is 0.252 e. The number of aryl methyl sites for hydroxylation is 1. The van der Waals surface area contributed by atoms with Gasteiger partial charge in [0, 0.05) is 43.1 Å². The molecule has 1 aliphatic rings. The Morgan fingerprint density at radius 2 is 1.60 bits per heavy atom. The van der Waals surface area contributed by atoms with Crippen LogP contribution in [-0.2, 0) is 39.2 Å². The maximum atomic E-state index is 14.4. The molecule has 12 heteroatoms. The number of hydrogen-bond donors (Lipinski definition) is 3. The maximum absolute atomic E-state index is 14.4. The number of nitrogens with one attached hydrogen (secondary N) is 1. The first-order chi connectivity index (χ1) is 23.3. The average Bonchev–Trinajstić information content (AvgIpc) is 3.65. The number of rotatable bonds is 13. The van der Waals surface area contributed by atoms with E-state index in [1.807, 2.05) is 97.9 Å². The Balaban J connectivity index is 1.34. The molecule has 1 aliphatic heterocycles. The zero-order valence-electron chi connectivity index (χ0n) is 27.1. The Labute approximate surface area is 285 Å². The number of nitrogens with zero attached hydrogens (tertiary/aromatic N) is 3. The van der Waals surface area contributed by atoms with Crippen molar-refractivity contribution in [3.8, 4) is 11.1 Å². The van der Waals surface area contributed by atoms with Crippen molar-refractivity contribution in [3.05, 3.63) is 124 Å². The van der Waals surface area contributed by atoms with Gasteiger partial charge in [-0.2, -0.15) is 4.72 Å². The van der Waals surface area contributed by atoms with Crippen LogP contribution in [0.4, 0.5) is 5.95 Å². The van der Waals surface area contributed by atoms with Gasteiger partial charge in [-0.25, -0.2) is 13.4 Å². The molecule has 0 aliphatic carbocycles. The van der Waals surface area contributed by atoms with Gasteiger partial charge in [-0.05, 0) is 35.2 Å². The molecule has 0 saturated carbocycles. The molecular formula is C36H41N5O5S2. The number of morpholine rings is 1. The lowest BCUT2D eigenvalue weighted by Gasteiger charge is -2.27. The second kappa shape index (κ2) is 15.1. The highest BCUT2D eigenvalue weighted by molar-refractivity contribution is 7.91. The van der Waals surface area contributed by atoms with Crippen LogP contribution in [0.15, 0.2) is 95.2 Å². The molecular weight excluding hydrogens is 647 g/mol. The van der Waals surface area contributed by atoms with Crippen LogP contribution in [0.2, 0.25) is 0 Å². The molecule has 6 rings (SSSR count). The van der Waals surface area contributed by atoms with Gasteiger partial charge in [0.15, 0.2) is 0 Å². The predicted octanol–water partition coefficient (Wildman–Crippen LogP) is 4.96. The van der Waals surface area contributed by atoms with Crippen molar-refractivity contribution >= 4 is 27.3 Å². The lowest BCUT2D eigenvalue weighted by Crippen LogP contribution is -2.41. The average molecular weight is 688 g/mol. The van der Waals surface area contributed by atoms with Crippen molar-refractivity contribution in [2.45, 2.75) is 43.0 Å². The van der Waals surface area contributed by atoms with Crippen molar-refractivity contribution in [2.24, 2.45) is 0 Å². The van der Waals surface area contributed by atoms with E-state index in [0.717, 1.165) is 40.2 Å². The number of aliphatic hydroxyl groups excluding tert-OH is 1. The summed E-state index contributed by atoms with van der Waals surface area (Å²) in [5.41, 5.74) is 11.7. The number of nitrogens with two attached hydrogens (primary N) is 1. The highest BCUT2D eigenvalue weighted by atomic mass is 32.2. The summed E-state index contributed by atoms with van der Waals surface area (Å²) >= 11 is 1.28. The molecule has 1 saturated heterocycles. The molecule has 2 aromatic heterocycles. The van der Waals surface area contributed by atoms with Gasteiger partial charge in [-0.1, -0.05) is 84.9 Å². The number of nitrogen functional groups attached to an aromatic ring is 1. The summed E-state index contributed by atoms with van der Waals surface area (Å²) in [5, 5.41) is 9.86. The highest BCUT2D eigenvalue weighted by Gasteiger charge is 2.32. The Bertz CT molecular complexity index is 1870. The fourth-order valence-electron chi connectivity index (χ4n) is 6.18. The second-order valence-corrected chi connectivity index (χ2v) is 14.9. The molecule has 0 spiro atoms. The number of sulfonamides is 1. The lowest BCUT2D eigenvalue weighted by molar-refractivity contribution is 0.0346. The molecule has 4 N–H and O–H groups in total. The molecule has 252 valence electrons. The largest absolute Gasteiger partial charge is 0.390 e. The summed E-state index contributed by atoms with van der Waals surface area (Å²) in [6.07, 6.45) is -0.871. The molecule has 0 bridgehead atoms. The molecule has 0 amide bonds. The van der Waals surface area contributed by atoms with E-state index in [2.05, 4.69) is 14.6 Å². The van der Waals surface area contributed by atoms with E-state index < -0.39 is 16.3 Å². The molecule has 1 unspecified atom stereocenters. The zero-order chi connectivity index (χ0) is 33.7. The minimum atomic E-state index is -4.06. The minimum Gasteiger partial charge on any atom is -0.390 e. The van der Waals surface area contributed by atoms with Crippen molar-refractivity contribution in [2.75, 3.05) is 39.1 Å². The van der Waals surface area contributed by atoms with E-state index in [1.54, 1.807) is 4.57 Å². The van der Waals surface area contributed by atoms with Crippen molar-refractivity contribution in [1.29, 1.82) is 0 Å². The molecule has 1 atom stereocenters. The third-order valence-electron chi connectivity index (χ3n) is 8.68. The van der Waals surface area contributed by atoms with Gasteiger partial charge in [-0.3, -0.25) is 4.90 Å². The molecule has 10 nitrogen and oxygen atoms in total. The monoisotopic (exact) mass is 687 g/mol. The van der Waals surface area contributed by atoms with Crippen molar-refractivity contribution in [3.63, 3.8) is 0 Å². The van der Waals surface area contributed by atoms with Crippen LogP contribution in [0.5, 0.6) is 0 Å². The normalized spacial score (nSPS) is 14.8. The second-order valence-electron chi connectivity index (χ2n) is 11.8. The summed E-state index contributed by atoms with van der Waals surface area (Å²) < 4.78 is 45.2. The number of aromatic nitrogens is 2. The number of methoxy groups -OCH3 is 1. The molecule has 5 aromatic rings. The van der Waals surface area contributed by atoms with Gasteiger partial charge in [0.25, 0.3) is 10.0 Å². The summed E-state index contributed by atoms with van der Waals surface area (Å²) in [4.78, 5) is 7.53. The minimum absolute atomic E-state index is 0.166. The number of anilines is 1. The lowest BCUT2D eigenvalue weighted by atomic mass is 9.90. The summed E-state index contributed by atoms with van der Waals surface area (Å²) in [6, 6.07) is 29.3. The van der Waals surface area contributed by atoms with E-state index in [1.165, 1.54) is 18.4 Å². The Hall–Kier alpha value is -3.88. The SMILES string of the molecule is COC(NS(=O)(=O)c1sc(CN2CCOCC2)cc1-c1ccc(Cn2c(N)nc(C)c2CO)cc1)C(c1ccccc1)c1ccccc1. The number of ether oxygens (including phenoxy) is 2. The molecule has 0 radical (unpaired) electrons. The number of aliphatic hydroxyl groups is 1. The molecule has 48 heavy (non-hydrogen) atoms. The van der Waals surface area contributed by atoms with Crippen LogP contribution in [0.25, 0.3) is 11.1 Å². The summed E-state index contributed by atoms with van der Waals surface area (Å²) in [7, 11) is -2.53. The molecule has 3 aromatic carbocycles. The van der Waals surface area contributed by atoms with Crippen LogP contribution in [0.3, 0.4) is 0 Å². The number of imidazole rings is 1. The van der Waals surface area contributed by atoms with Gasteiger partial charge < -0.3 is 24.9 Å². The number of benzene rings is 3. The zero-order valence-corrected chi connectivity index (χ0v) is 28.7. The smallest absolute Gasteiger partial charge is 0.252 e. The van der Waals surface area contributed by atoms with Crippen LogP contribution < -0.4 is 10.5 Å². The Kier molecular flexibility index (Phi) is 10.7. The fraction of sp³-hybridized carbons (Fsp3) is 0.306. The van der Waals surface area contributed by atoms with Crippen LogP contribution >= 0.6 is 11.3 Å². The first-order valence-electron chi connectivity index (χ1n) is 15.9. The van der Waals surface area contributed by atoms with Gasteiger partial charge in [0.1, 0.15) is 10.4 Å². The summed E-state index contributed by atoms with van der Waals surface area (Å²) in [5.74, 6) is -0.0478. The van der Waals surface area contributed by atoms with E-state index >= 15 is 0 Å². The van der Waals surface area contributed by atoms with E-state index in [-0.39, 0.29) is 16.7 Å². The molecule has 1 fully saturated rings. The number of hydrogen-bond acceptors (Lipinski definition) is 9. The van der Waals surface area contributed by atoms with Crippen molar-refractivity contribution in [1.82, 2.24) is 19.2 Å². The Morgan fingerprint density at radius 1 is 0.979 bits per heavy atom. The quantitative estimate of drug-likeness (QED) is 0.148. The molecule has 3 heterocycles. The third kappa shape index (κ3) is 7.55. The van der Waals surface area contributed by atoms with Crippen molar-refractivity contribution < 1.29 is 23.0 Å². The van der Waals surface area contributed by atoms with Crippen LogP contribution in [0, 0.1) is 6.92 Å².